The van der Waals surface area contributed by atoms with E-state index in [1.54, 1.807) is 24.3 Å². The minimum atomic E-state index is -1.73. The SMILES string of the molecule is Cc1cc(C2(O)C(=O)Nc3ccccc32)cc(CC[Si+](C)C(C)(C)C)c1O. The quantitative estimate of drug-likeness (QED) is 0.688. The van der Waals surface area contributed by atoms with Crippen molar-refractivity contribution in [3.05, 3.63) is 58.7 Å². The number of anilines is 1. The molecule has 0 saturated heterocycles. The Bertz CT molecular complexity index is 888. The molecule has 142 valence electrons. The lowest BCUT2D eigenvalue weighted by Gasteiger charge is -2.23. The Kier molecular flexibility index (Phi) is 4.95. The van der Waals surface area contributed by atoms with Gasteiger partial charge in [0, 0.05) is 17.7 Å². The number of rotatable bonds is 4. The molecule has 3 N–H and O–H groups in total. The standard InChI is InChI=1S/C22H27NO3Si/c1-14-12-16(13-15(19(14)24)10-11-27(5)21(2,3)4)22(26)17-8-6-7-9-18(17)23-20(22)25/h6-9,12-13,26H,10-11H2,1-5H3,(H-,23,24,25)/p+1. The number of fused-ring (bicyclic) bond motifs is 1. The molecule has 0 radical (unpaired) electrons. The minimum Gasteiger partial charge on any atom is -0.507 e. The van der Waals surface area contributed by atoms with Crippen LogP contribution in [0.1, 0.15) is 43.0 Å². The number of benzene rings is 2. The van der Waals surface area contributed by atoms with Gasteiger partial charge in [-0.3, -0.25) is 4.79 Å². The van der Waals surface area contributed by atoms with Crippen molar-refractivity contribution in [1.29, 1.82) is 0 Å². The predicted molar refractivity (Wildman–Crippen MR) is 111 cm³/mol. The zero-order valence-electron chi connectivity index (χ0n) is 16.7. The van der Waals surface area contributed by atoms with Crippen LogP contribution in [0.2, 0.25) is 17.6 Å². The smallest absolute Gasteiger partial charge is 0.317 e. The number of carbonyl (C=O) groups is 1. The molecule has 5 heteroatoms. The predicted octanol–water partition coefficient (Wildman–Crippen LogP) is 4.36. The van der Waals surface area contributed by atoms with E-state index in [0.29, 0.717) is 22.4 Å². The number of aromatic hydroxyl groups is 1. The highest BCUT2D eigenvalue weighted by molar-refractivity contribution is 6.60. The first-order chi connectivity index (χ1) is 12.5. The molecule has 2 aromatic carbocycles. The molecule has 3 rings (SSSR count). The van der Waals surface area contributed by atoms with Crippen LogP contribution in [-0.2, 0) is 16.8 Å². The van der Waals surface area contributed by atoms with Crippen LogP contribution in [0.4, 0.5) is 5.69 Å². The van der Waals surface area contributed by atoms with Crippen LogP contribution in [0.3, 0.4) is 0 Å². The molecular formula is C22H28NO3Si+. The summed E-state index contributed by atoms with van der Waals surface area (Å²) in [6.45, 7) is 10.9. The van der Waals surface area contributed by atoms with Crippen molar-refractivity contribution in [2.45, 2.75) is 57.3 Å². The number of hydrogen-bond donors (Lipinski definition) is 3. The summed E-state index contributed by atoms with van der Waals surface area (Å²) in [6, 6.07) is 11.7. The molecule has 1 amide bonds. The molecule has 1 heterocycles. The van der Waals surface area contributed by atoms with Crippen molar-refractivity contribution in [3.8, 4) is 5.75 Å². The third-order valence-corrected chi connectivity index (χ3v) is 9.30. The van der Waals surface area contributed by atoms with Gasteiger partial charge in [0.25, 0.3) is 5.91 Å². The largest absolute Gasteiger partial charge is 0.507 e. The van der Waals surface area contributed by atoms with Gasteiger partial charge in [-0.05, 0) is 62.6 Å². The van der Waals surface area contributed by atoms with Gasteiger partial charge in [0.1, 0.15) is 5.75 Å². The van der Waals surface area contributed by atoms with Crippen molar-refractivity contribution < 1.29 is 15.0 Å². The van der Waals surface area contributed by atoms with Gasteiger partial charge < -0.3 is 15.5 Å². The van der Waals surface area contributed by atoms with Gasteiger partial charge in [-0.25, -0.2) is 0 Å². The van der Waals surface area contributed by atoms with Crippen molar-refractivity contribution in [3.63, 3.8) is 0 Å². The molecule has 0 spiro atoms. The molecule has 27 heavy (non-hydrogen) atoms. The van der Waals surface area contributed by atoms with Gasteiger partial charge in [0.15, 0.2) is 5.60 Å². The fourth-order valence-electron chi connectivity index (χ4n) is 3.48. The Balaban J connectivity index is 2.01. The average molecular weight is 383 g/mol. The summed E-state index contributed by atoms with van der Waals surface area (Å²) >= 11 is 0. The highest BCUT2D eigenvalue weighted by Crippen LogP contribution is 2.42. The third kappa shape index (κ3) is 3.41. The Morgan fingerprint density at radius 3 is 2.52 bits per heavy atom. The Labute approximate surface area is 162 Å². The van der Waals surface area contributed by atoms with Crippen LogP contribution >= 0.6 is 0 Å². The maximum absolute atomic E-state index is 12.6. The lowest BCUT2D eigenvalue weighted by Crippen LogP contribution is -2.35. The molecule has 0 saturated carbocycles. The second kappa shape index (κ2) is 6.80. The summed E-state index contributed by atoms with van der Waals surface area (Å²) in [7, 11) is -0.590. The van der Waals surface area contributed by atoms with Gasteiger partial charge in [0.05, 0.1) is 17.6 Å². The van der Waals surface area contributed by atoms with Crippen LogP contribution in [0.5, 0.6) is 5.75 Å². The number of phenolic OH excluding ortho intramolecular Hbond substituents is 1. The molecule has 4 nitrogen and oxygen atoms in total. The second-order valence-electron chi connectivity index (χ2n) is 8.54. The number of nitrogens with one attached hydrogen (secondary N) is 1. The second-order valence-corrected chi connectivity index (χ2v) is 12.1. The topological polar surface area (TPSA) is 69.6 Å². The van der Waals surface area contributed by atoms with Gasteiger partial charge >= 0.3 is 8.80 Å². The first kappa shape index (κ1) is 19.6. The maximum Gasteiger partial charge on any atom is 0.317 e. The number of hydrogen-bond acceptors (Lipinski definition) is 3. The fourth-order valence-corrected chi connectivity index (χ4v) is 4.87. The Morgan fingerprint density at radius 1 is 1.19 bits per heavy atom. The summed E-state index contributed by atoms with van der Waals surface area (Å²) in [5.41, 5.74) is 1.44. The van der Waals surface area contributed by atoms with Crippen LogP contribution in [-0.4, -0.2) is 24.9 Å². The van der Waals surface area contributed by atoms with Crippen LogP contribution in [0, 0.1) is 6.92 Å². The van der Waals surface area contributed by atoms with Crippen LogP contribution < -0.4 is 5.32 Å². The number of phenols is 1. The number of aryl methyl sites for hydroxylation is 2. The molecule has 0 fully saturated rings. The lowest BCUT2D eigenvalue weighted by atomic mass is 9.85. The first-order valence-electron chi connectivity index (χ1n) is 9.34. The zero-order chi connectivity index (χ0) is 20.0. The third-order valence-electron chi connectivity index (χ3n) is 5.74. The van der Waals surface area contributed by atoms with E-state index >= 15 is 0 Å². The zero-order valence-corrected chi connectivity index (χ0v) is 17.7. The summed E-state index contributed by atoms with van der Waals surface area (Å²) in [5, 5.41) is 24.9. The molecule has 2 aromatic rings. The highest BCUT2D eigenvalue weighted by atomic mass is 28.3. The van der Waals surface area contributed by atoms with Crippen molar-refractivity contribution in [2.75, 3.05) is 5.32 Å². The minimum absolute atomic E-state index is 0.262. The van der Waals surface area contributed by atoms with E-state index in [1.807, 2.05) is 19.1 Å². The van der Waals surface area contributed by atoms with Crippen LogP contribution in [0.25, 0.3) is 0 Å². The van der Waals surface area contributed by atoms with Crippen molar-refractivity contribution >= 4 is 20.4 Å². The normalized spacial score (nSPS) is 19.0. The molecule has 1 atom stereocenters. The van der Waals surface area contributed by atoms with Crippen molar-refractivity contribution in [1.82, 2.24) is 0 Å². The molecule has 1 unspecified atom stereocenters. The van der Waals surface area contributed by atoms with Gasteiger partial charge in [-0.1, -0.05) is 18.2 Å². The number of aliphatic hydroxyl groups is 1. The fraction of sp³-hybridized carbons (Fsp3) is 0.409. The van der Waals surface area contributed by atoms with Gasteiger partial charge in [0.2, 0.25) is 0 Å². The molecule has 0 aromatic heterocycles. The van der Waals surface area contributed by atoms with Gasteiger partial charge in [-0.2, -0.15) is 0 Å². The summed E-state index contributed by atoms with van der Waals surface area (Å²) in [6.07, 6.45) is 0.738. The summed E-state index contributed by atoms with van der Waals surface area (Å²) in [5.74, 6) is -0.188. The van der Waals surface area contributed by atoms with E-state index in [1.165, 1.54) is 0 Å². The number of para-hydroxylation sites is 1. The number of carbonyl (C=O) groups excluding carboxylic acids is 1. The Morgan fingerprint density at radius 2 is 1.85 bits per heavy atom. The molecule has 1 aliphatic rings. The maximum atomic E-state index is 12.6. The van der Waals surface area contributed by atoms with E-state index in [0.717, 1.165) is 18.0 Å². The Hall–Kier alpha value is -2.11. The molecule has 1 aliphatic heterocycles. The summed E-state index contributed by atoms with van der Waals surface area (Å²) < 4.78 is 0. The van der Waals surface area contributed by atoms with Crippen molar-refractivity contribution in [2.24, 2.45) is 0 Å². The summed E-state index contributed by atoms with van der Waals surface area (Å²) in [4.78, 5) is 12.6. The van der Waals surface area contributed by atoms with E-state index in [2.05, 4.69) is 32.6 Å². The lowest BCUT2D eigenvalue weighted by molar-refractivity contribution is -0.129. The average Bonchev–Trinajstić information content (AvgIpc) is 2.87. The highest BCUT2D eigenvalue weighted by Gasteiger charge is 2.47. The van der Waals surface area contributed by atoms with E-state index in [9.17, 15) is 15.0 Å². The van der Waals surface area contributed by atoms with Crippen LogP contribution in [0.15, 0.2) is 36.4 Å². The molecule has 0 aliphatic carbocycles. The number of amides is 1. The molecular weight excluding hydrogens is 354 g/mol. The van der Waals surface area contributed by atoms with E-state index in [4.69, 9.17) is 0 Å². The van der Waals surface area contributed by atoms with Gasteiger partial charge in [-0.15, -0.1) is 0 Å². The monoisotopic (exact) mass is 382 g/mol. The van der Waals surface area contributed by atoms with E-state index in [-0.39, 0.29) is 10.8 Å². The molecule has 0 bridgehead atoms. The van der Waals surface area contributed by atoms with E-state index < -0.39 is 20.3 Å². The first-order valence-corrected chi connectivity index (χ1v) is 11.5.